The molecule has 188 valence electrons. The molecule has 3 aromatic carbocycles. The van der Waals surface area contributed by atoms with Crippen LogP contribution in [0.25, 0.3) is 0 Å². The third kappa shape index (κ3) is 7.49. The number of aliphatic hydroxyl groups is 1. The zero-order valence-electron chi connectivity index (χ0n) is 21.2. The van der Waals surface area contributed by atoms with E-state index in [2.05, 4.69) is 70.9 Å². The first-order valence-corrected chi connectivity index (χ1v) is 12.9. The van der Waals surface area contributed by atoms with Crippen molar-refractivity contribution in [2.45, 2.75) is 31.6 Å². The van der Waals surface area contributed by atoms with Gasteiger partial charge in [-0.05, 0) is 47.2 Å². The molecule has 0 bridgehead atoms. The summed E-state index contributed by atoms with van der Waals surface area (Å²) in [6.45, 7) is 4.91. The van der Waals surface area contributed by atoms with Gasteiger partial charge in [0.1, 0.15) is 12.2 Å². The summed E-state index contributed by atoms with van der Waals surface area (Å²) in [6, 6.07) is 30.8. The van der Waals surface area contributed by atoms with Gasteiger partial charge < -0.3 is 15.2 Å². The highest BCUT2D eigenvalue weighted by Crippen LogP contribution is 2.28. The van der Waals surface area contributed by atoms with Crippen LogP contribution in [0, 0.1) is 0 Å². The maximum Gasteiger partial charge on any atom is 0.103 e. The second kappa shape index (κ2) is 13.9. The Balaban J connectivity index is 0.000000179. The summed E-state index contributed by atoms with van der Waals surface area (Å²) < 4.78 is 5.58. The Bertz CT molecular complexity index is 1100. The molecule has 0 aliphatic carbocycles. The van der Waals surface area contributed by atoms with Crippen LogP contribution in [-0.4, -0.2) is 43.3 Å². The van der Waals surface area contributed by atoms with Crippen LogP contribution in [0.2, 0.25) is 0 Å². The summed E-state index contributed by atoms with van der Waals surface area (Å²) in [5, 5.41) is 13.7. The minimum atomic E-state index is -0.454. The average Bonchev–Trinajstić information content (AvgIpc) is 2.96. The van der Waals surface area contributed by atoms with Crippen LogP contribution in [0.15, 0.2) is 114 Å². The van der Waals surface area contributed by atoms with E-state index >= 15 is 0 Å². The summed E-state index contributed by atoms with van der Waals surface area (Å²) in [7, 11) is 1.78. The number of hydrogen-bond acceptors (Lipinski definition) is 4. The van der Waals surface area contributed by atoms with Crippen molar-refractivity contribution < 1.29 is 9.84 Å². The Morgan fingerprint density at radius 2 is 1.44 bits per heavy atom. The summed E-state index contributed by atoms with van der Waals surface area (Å²) in [4.78, 5) is 2.41. The molecule has 2 unspecified atom stereocenters. The first kappa shape index (κ1) is 26.1. The molecule has 4 nitrogen and oxygen atoms in total. The second-order valence-electron chi connectivity index (χ2n) is 9.32. The molecule has 0 fully saturated rings. The maximum atomic E-state index is 10.4. The van der Waals surface area contributed by atoms with Gasteiger partial charge in [0, 0.05) is 33.3 Å². The molecule has 0 saturated carbocycles. The lowest BCUT2D eigenvalue weighted by Gasteiger charge is -2.28. The molecule has 36 heavy (non-hydrogen) atoms. The number of nitrogens with one attached hydrogen (secondary N) is 1. The number of aliphatic hydroxyl groups excluding tert-OH is 1. The van der Waals surface area contributed by atoms with Crippen LogP contribution in [0.5, 0.6) is 0 Å². The van der Waals surface area contributed by atoms with Crippen molar-refractivity contribution in [2.75, 3.05) is 33.3 Å². The fourth-order valence-electron chi connectivity index (χ4n) is 4.82. The van der Waals surface area contributed by atoms with E-state index in [0.29, 0.717) is 0 Å². The molecule has 0 saturated heterocycles. The topological polar surface area (TPSA) is 44.7 Å². The Kier molecular flexibility index (Phi) is 10.1. The van der Waals surface area contributed by atoms with E-state index in [4.69, 9.17) is 4.74 Å². The molecule has 4 heteroatoms. The van der Waals surface area contributed by atoms with E-state index in [1.165, 1.54) is 16.7 Å². The number of ether oxygens (including phenoxy) is 1. The third-order valence-corrected chi connectivity index (χ3v) is 6.82. The van der Waals surface area contributed by atoms with E-state index in [-0.39, 0.29) is 6.10 Å². The SMILES string of the molecule is COC(C1=CCNCC1)c1ccccc1.OC(C1=CCN(Cc2ccccc2)CC1)c1ccccc1. The van der Waals surface area contributed by atoms with Gasteiger partial charge in [-0.2, -0.15) is 0 Å². The van der Waals surface area contributed by atoms with Crippen LogP contribution in [0.3, 0.4) is 0 Å². The molecule has 0 aromatic heterocycles. The molecule has 2 aliphatic heterocycles. The zero-order valence-corrected chi connectivity index (χ0v) is 21.2. The number of nitrogens with zero attached hydrogens (tertiary/aromatic N) is 1. The highest BCUT2D eigenvalue weighted by atomic mass is 16.5. The van der Waals surface area contributed by atoms with Crippen LogP contribution >= 0.6 is 0 Å². The Labute approximate surface area is 215 Å². The standard InChI is InChI=1S/C19H21NO.C13H17NO/c21-19(17-9-5-2-6-10-17)18-11-13-20(14-12-18)15-16-7-3-1-4-8-16;1-15-13(11-5-3-2-4-6-11)12-7-9-14-10-8-12/h1-11,19,21H,12-15H2;2-7,13-14H,8-10H2,1H3. The van der Waals surface area contributed by atoms with Crippen molar-refractivity contribution in [3.63, 3.8) is 0 Å². The van der Waals surface area contributed by atoms with E-state index in [1.807, 2.05) is 42.5 Å². The van der Waals surface area contributed by atoms with Crippen LogP contribution < -0.4 is 5.32 Å². The van der Waals surface area contributed by atoms with Crippen molar-refractivity contribution in [1.82, 2.24) is 10.2 Å². The number of methoxy groups -OCH3 is 1. The first-order valence-electron chi connectivity index (χ1n) is 12.9. The molecular formula is C32H38N2O2. The van der Waals surface area contributed by atoms with Gasteiger partial charge in [-0.1, -0.05) is 103 Å². The van der Waals surface area contributed by atoms with Crippen LogP contribution in [-0.2, 0) is 11.3 Å². The molecule has 2 atom stereocenters. The smallest absolute Gasteiger partial charge is 0.103 e. The normalized spacial score (nSPS) is 17.7. The van der Waals surface area contributed by atoms with Crippen molar-refractivity contribution in [2.24, 2.45) is 0 Å². The molecule has 2 aliphatic rings. The molecule has 5 rings (SSSR count). The molecule has 0 spiro atoms. The monoisotopic (exact) mass is 482 g/mol. The van der Waals surface area contributed by atoms with Gasteiger partial charge in [0.25, 0.3) is 0 Å². The third-order valence-electron chi connectivity index (χ3n) is 6.82. The quantitative estimate of drug-likeness (QED) is 0.415. The second-order valence-corrected chi connectivity index (χ2v) is 9.32. The molecule has 2 N–H and O–H groups in total. The van der Waals surface area contributed by atoms with E-state index in [1.54, 1.807) is 7.11 Å². The summed E-state index contributed by atoms with van der Waals surface area (Å²) >= 11 is 0. The fraction of sp³-hybridized carbons (Fsp3) is 0.312. The lowest BCUT2D eigenvalue weighted by Crippen LogP contribution is -2.29. The molecule has 3 aromatic rings. The number of hydrogen-bond donors (Lipinski definition) is 2. The van der Waals surface area contributed by atoms with Gasteiger partial charge in [0.05, 0.1) is 0 Å². The van der Waals surface area contributed by atoms with Gasteiger partial charge in [-0.15, -0.1) is 0 Å². The largest absolute Gasteiger partial charge is 0.384 e. The highest BCUT2D eigenvalue weighted by molar-refractivity contribution is 5.28. The number of rotatable bonds is 7. The van der Waals surface area contributed by atoms with Crippen molar-refractivity contribution in [1.29, 1.82) is 0 Å². The lowest BCUT2D eigenvalue weighted by molar-refractivity contribution is 0.129. The summed E-state index contributed by atoms with van der Waals surface area (Å²) in [6.07, 6.45) is 6.11. The van der Waals surface area contributed by atoms with Gasteiger partial charge in [0.2, 0.25) is 0 Å². The summed E-state index contributed by atoms with van der Waals surface area (Å²) in [5.41, 5.74) is 6.11. The van der Waals surface area contributed by atoms with E-state index in [9.17, 15) is 5.11 Å². The van der Waals surface area contributed by atoms with Gasteiger partial charge in [-0.3, -0.25) is 4.90 Å². The van der Waals surface area contributed by atoms with Crippen LogP contribution in [0.1, 0.15) is 41.7 Å². The maximum absolute atomic E-state index is 10.4. The average molecular weight is 483 g/mol. The molecular weight excluding hydrogens is 444 g/mol. The molecule has 0 radical (unpaired) electrons. The highest BCUT2D eigenvalue weighted by Gasteiger charge is 2.19. The zero-order chi connectivity index (χ0) is 25.0. The molecule has 0 amide bonds. The van der Waals surface area contributed by atoms with Crippen molar-refractivity contribution in [3.05, 3.63) is 131 Å². The predicted octanol–water partition coefficient (Wildman–Crippen LogP) is 5.85. The van der Waals surface area contributed by atoms with Crippen molar-refractivity contribution >= 4 is 0 Å². The molecule has 2 heterocycles. The fourth-order valence-corrected chi connectivity index (χ4v) is 4.82. The van der Waals surface area contributed by atoms with Gasteiger partial charge in [0.15, 0.2) is 0 Å². The first-order chi connectivity index (χ1) is 17.7. The Morgan fingerprint density at radius 3 is 2.00 bits per heavy atom. The van der Waals surface area contributed by atoms with Gasteiger partial charge in [-0.25, -0.2) is 0 Å². The van der Waals surface area contributed by atoms with Crippen LogP contribution in [0.4, 0.5) is 0 Å². The van der Waals surface area contributed by atoms with E-state index < -0.39 is 6.10 Å². The Morgan fingerprint density at radius 1 is 0.806 bits per heavy atom. The predicted molar refractivity (Wildman–Crippen MR) is 148 cm³/mol. The minimum absolute atomic E-state index is 0.133. The lowest BCUT2D eigenvalue weighted by atomic mass is 9.96. The van der Waals surface area contributed by atoms with E-state index in [0.717, 1.165) is 56.7 Å². The summed E-state index contributed by atoms with van der Waals surface area (Å²) in [5.74, 6) is 0. The van der Waals surface area contributed by atoms with Crippen molar-refractivity contribution in [3.8, 4) is 0 Å². The minimum Gasteiger partial charge on any atom is -0.384 e. The Hall–Kier alpha value is -3.02. The number of benzene rings is 3. The van der Waals surface area contributed by atoms with Gasteiger partial charge >= 0.3 is 0 Å².